The Morgan fingerprint density at radius 2 is 1.81 bits per heavy atom. The number of hydrogen-bond acceptors (Lipinski definition) is 3. The zero-order valence-electron chi connectivity index (χ0n) is 15.9. The van der Waals surface area contributed by atoms with E-state index in [1.807, 2.05) is 38.1 Å². The number of aryl methyl sites for hydroxylation is 1. The van der Waals surface area contributed by atoms with Gasteiger partial charge in [0.2, 0.25) is 5.91 Å². The molecule has 5 nitrogen and oxygen atoms in total. The van der Waals surface area contributed by atoms with Gasteiger partial charge in [-0.1, -0.05) is 48.9 Å². The van der Waals surface area contributed by atoms with Gasteiger partial charge in [0.15, 0.2) is 18.2 Å². The molecule has 0 aliphatic heterocycles. The number of likely N-dealkylation sites (N-methyl/N-ethyl adjacent to an activating group) is 1. The van der Waals surface area contributed by atoms with Crippen molar-refractivity contribution < 1.29 is 18.7 Å². The van der Waals surface area contributed by atoms with Crippen LogP contribution in [0.25, 0.3) is 0 Å². The molecule has 1 N–H and O–H groups in total. The van der Waals surface area contributed by atoms with Crippen LogP contribution in [0.2, 0.25) is 0 Å². The topological polar surface area (TPSA) is 58.6 Å². The summed E-state index contributed by atoms with van der Waals surface area (Å²) >= 11 is 0. The molecular formula is C21H25FN2O3. The van der Waals surface area contributed by atoms with Gasteiger partial charge < -0.3 is 15.0 Å². The SMILES string of the molecule is CC[C@H](C(=O)NC)N(Cc1ccc(C)cc1)C(=O)COc1ccccc1F. The number of para-hydroxylation sites is 1. The lowest BCUT2D eigenvalue weighted by Gasteiger charge is -2.30. The molecule has 27 heavy (non-hydrogen) atoms. The van der Waals surface area contributed by atoms with E-state index in [2.05, 4.69) is 5.32 Å². The van der Waals surface area contributed by atoms with E-state index in [0.29, 0.717) is 6.42 Å². The summed E-state index contributed by atoms with van der Waals surface area (Å²) in [6.45, 7) is 3.74. The van der Waals surface area contributed by atoms with E-state index in [4.69, 9.17) is 4.74 Å². The van der Waals surface area contributed by atoms with Crippen LogP contribution in [-0.4, -0.2) is 36.4 Å². The minimum absolute atomic E-state index is 0.00845. The van der Waals surface area contributed by atoms with Crippen LogP contribution in [0.5, 0.6) is 5.75 Å². The molecule has 2 rings (SSSR count). The molecule has 2 amide bonds. The van der Waals surface area contributed by atoms with E-state index in [1.165, 1.54) is 24.1 Å². The first-order valence-electron chi connectivity index (χ1n) is 8.90. The standard InChI is InChI=1S/C21H25FN2O3/c1-4-18(21(26)23-3)24(13-16-11-9-15(2)10-12-16)20(25)14-27-19-8-6-5-7-17(19)22/h5-12,18H,4,13-14H2,1-3H3,(H,23,26)/t18-/m1/s1. The lowest BCUT2D eigenvalue weighted by molar-refractivity contribution is -0.142. The van der Waals surface area contributed by atoms with Gasteiger partial charge >= 0.3 is 0 Å². The van der Waals surface area contributed by atoms with Gasteiger partial charge in [0.25, 0.3) is 5.91 Å². The molecule has 1 atom stereocenters. The van der Waals surface area contributed by atoms with Crippen molar-refractivity contribution in [2.45, 2.75) is 32.9 Å². The molecule has 6 heteroatoms. The van der Waals surface area contributed by atoms with Gasteiger partial charge in [-0.25, -0.2) is 4.39 Å². The van der Waals surface area contributed by atoms with Crippen LogP contribution in [0.15, 0.2) is 48.5 Å². The van der Waals surface area contributed by atoms with Crippen LogP contribution in [0, 0.1) is 12.7 Å². The third-order valence-corrected chi connectivity index (χ3v) is 4.29. The molecule has 0 saturated carbocycles. The maximum atomic E-state index is 13.7. The fourth-order valence-corrected chi connectivity index (χ4v) is 2.76. The lowest BCUT2D eigenvalue weighted by atomic mass is 10.1. The number of carbonyl (C=O) groups is 2. The number of benzene rings is 2. The van der Waals surface area contributed by atoms with Crippen molar-refractivity contribution in [1.29, 1.82) is 0 Å². The average molecular weight is 372 g/mol. The number of hydrogen-bond donors (Lipinski definition) is 1. The normalized spacial score (nSPS) is 11.6. The molecule has 0 aromatic heterocycles. The number of ether oxygens (including phenoxy) is 1. The van der Waals surface area contributed by atoms with Gasteiger partial charge in [0.05, 0.1) is 0 Å². The van der Waals surface area contributed by atoms with Crippen LogP contribution in [-0.2, 0) is 16.1 Å². The Morgan fingerprint density at radius 3 is 2.41 bits per heavy atom. The minimum atomic E-state index is -0.631. The van der Waals surface area contributed by atoms with E-state index in [9.17, 15) is 14.0 Å². The summed E-state index contributed by atoms with van der Waals surface area (Å²) in [7, 11) is 1.54. The highest BCUT2D eigenvalue weighted by molar-refractivity contribution is 5.88. The Bertz CT molecular complexity index is 777. The molecular weight excluding hydrogens is 347 g/mol. The first kappa shape index (κ1) is 20.4. The van der Waals surface area contributed by atoms with Crippen LogP contribution in [0.1, 0.15) is 24.5 Å². The fourth-order valence-electron chi connectivity index (χ4n) is 2.76. The molecule has 0 unspecified atom stereocenters. The Kier molecular flexibility index (Phi) is 7.34. The predicted octanol–water partition coefficient (Wildman–Crippen LogP) is 3.07. The number of nitrogens with one attached hydrogen (secondary N) is 1. The quantitative estimate of drug-likeness (QED) is 0.775. The van der Waals surface area contributed by atoms with Crippen molar-refractivity contribution in [2.24, 2.45) is 0 Å². The molecule has 0 aliphatic rings. The van der Waals surface area contributed by atoms with Gasteiger partial charge in [-0.3, -0.25) is 9.59 Å². The van der Waals surface area contributed by atoms with Crippen molar-refractivity contribution in [3.8, 4) is 5.75 Å². The lowest BCUT2D eigenvalue weighted by Crippen LogP contribution is -2.49. The van der Waals surface area contributed by atoms with Gasteiger partial charge in [-0.15, -0.1) is 0 Å². The highest BCUT2D eigenvalue weighted by Crippen LogP contribution is 2.17. The summed E-state index contributed by atoms with van der Waals surface area (Å²) in [4.78, 5) is 26.6. The van der Waals surface area contributed by atoms with Crippen LogP contribution >= 0.6 is 0 Å². The molecule has 0 aliphatic carbocycles. The van der Waals surface area contributed by atoms with Gasteiger partial charge in [-0.05, 0) is 31.0 Å². The largest absolute Gasteiger partial charge is 0.481 e. The zero-order valence-corrected chi connectivity index (χ0v) is 15.9. The van der Waals surface area contributed by atoms with Gasteiger partial charge in [0, 0.05) is 13.6 Å². The predicted molar refractivity (Wildman–Crippen MR) is 102 cm³/mol. The highest BCUT2D eigenvalue weighted by Gasteiger charge is 2.28. The van der Waals surface area contributed by atoms with Crippen molar-refractivity contribution in [2.75, 3.05) is 13.7 Å². The maximum absolute atomic E-state index is 13.7. The highest BCUT2D eigenvalue weighted by atomic mass is 19.1. The summed E-state index contributed by atoms with van der Waals surface area (Å²) in [6, 6.07) is 13.0. The number of halogens is 1. The second-order valence-corrected chi connectivity index (χ2v) is 6.26. The second-order valence-electron chi connectivity index (χ2n) is 6.26. The summed E-state index contributed by atoms with van der Waals surface area (Å²) in [5, 5.41) is 2.60. The molecule has 0 saturated heterocycles. The van der Waals surface area contributed by atoms with E-state index in [1.54, 1.807) is 12.1 Å². The van der Waals surface area contributed by atoms with E-state index in [0.717, 1.165) is 11.1 Å². The van der Waals surface area contributed by atoms with Crippen molar-refractivity contribution in [3.63, 3.8) is 0 Å². The summed E-state index contributed by atoms with van der Waals surface area (Å²) in [5.41, 5.74) is 2.01. The van der Waals surface area contributed by atoms with Crippen LogP contribution in [0.4, 0.5) is 4.39 Å². The summed E-state index contributed by atoms with van der Waals surface area (Å²) in [6.07, 6.45) is 0.455. The van der Waals surface area contributed by atoms with Gasteiger partial charge in [0.1, 0.15) is 6.04 Å². The molecule has 2 aromatic rings. The van der Waals surface area contributed by atoms with Gasteiger partial charge in [-0.2, -0.15) is 0 Å². The van der Waals surface area contributed by atoms with E-state index in [-0.39, 0.29) is 30.7 Å². The number of rotatable bonds is 8. The second kappa shape index (κ2) is 9.71. The Morgan fingerprint density at radius 1 is 1.15 bits per heavy atom. The average Bonchev–Trinajstić information content (AvgIpc) is 2.68. The third-order valence-electron chi connectivity index (χ3n) is 4.29. The number of nitrogens with zero attached hydrogens (tertiary/aromatic N) is 1. The molecule has 0 bridgehead atoms. The molecule has 0 radical (unpaired) electrons. The maximum Gasteiger partial charge on any atom is 0.261 e. The molecule has 2 aromatic carbocycles. The molecule has 0 spiro atoms. The van der Waals surface area contributed by atoms with Crippen LogP contribution in [0.3, 0.4) is 0 Å². The van der Waals surface area contributed by atoms with Crippen molar-refractivity contribution >= 4 is 11.8 Å². The Balaban J connectivity index is 2.19. The number of amides is 2. The molecule has 0 heterocycles. The molecule has 144 valence electrons. The first-order valence-corrected chi connectivity index (χ1v) is 8.90. The zero-order chi connectivity index (χ0) is 19.8. The van der Waals surface area contributed by atoms with Crippen molar-refractivity contribution in [3.05, 3.63) is 65.5 Å². The Labute approximate surface area is 159 Å². The van der Waals surface area contributed by atoms with E-state index >= 15 is 0 Å². The minimum Gasteiger partial charge on any atom is -0.481 e. The van der Waals surface area contributed by atoms with Crippen LogP contribution < -0.4 is 10.1 Å². The number of carbonyl (C=O) groups excluding carboxylic acids is 2. The molecule has 0 fully saturated rings. The Hall–Kier alpha value is -2.89. The van der Waals surface area contributed by atoms with E-state index < -0.39 is 11.9 Å². The summed E-state index contributed by atoms with van der Waals surface area (Å²) < 4.78 is 19.1. The smallest absolute Gasteiger partial charge is 0.261 e. The fraction of sp³-hybridized carbons (Fsp3) is 0.333. The van der Waals surface area contributed by atoms with Crippen molar-refractivity contribution in [1.82, 2.24) is 10.2 Å². The third kappa shape index (κ3) is 5.54. The monoisotopic (exact) mass is 372 g/mol. The first-order chi connectivity index (χ1) is 13.0. The summed E-state index contributed by atoms with van der Waals surface area (Å²) in [5.74, 6) is -1.15.